The van der Waals surface area contributed by atoms with Crippen molar-refractivity contribution in [3.63, 3.8) is 0 Å². The molecule has 1 aromatic rings. The highest BCUT2D eigenvalue weighted by atomic mass is 19.1. The summed E-state index contributed by atoms with van der Waals surface area (Å²) in [6.45, 7) is 2.88. The third kappa shape index (κ3) is 3.27. The van der Waals surface area contributed by atoms with Gasteiger partial charge in [-0.05, 0) is 37.3 Å². The number of nitrogens with one attached hydrogen (secondary N) is 1. The zero-order valence-electron chi connectivity index (χ0n) is 10.8. The highest BCUT2D eigenvalue weighted by Crippen LogP contribution is 2.25. The standard InChI is InChI=1S/C14H21FN2O/c1-2-12(13-7-6-11(15)9-17-13)16-8-10-4-3-5-14(10)18/h6-7,9-10,12,14,16,18H,2-5,8H2,1H3. The first-order chi connectivity index (χ1) is 8.70. The first-order valence-electron chi connectivity index (χ1n) is 6.73. The van der Waals surface area contributed by atoms with E-state index in [1.807, 2.05) is 0 Å². The van der Waals surface area contributed by atoms with E-state index in [2.05, 4.69) is 17.2 Å². The number of aliphatic hydroxyl groups excluding tert-OH is 1. The second-order valence-electron chi connectivity index (χ2n) is 5.03. The number of pyridine rings is 1. The number of halogens is 1. The second kappa shape index (κ2) is 6.25. The molecular formula is C14H21FN2O. The maximum Gasteiger partial charge on any atom is 0.141 e. The number of aromatic nitrogens is 1. The number of aliphatic hydroxyl groups is 1. The molecule has 4 heteroatoms. The second-order valence-corrected chi connectivity index (χ2v) is 5.03. The van der Waals surface area contributed by atoms with Crippen LogP contribution in [-0.2, 0) is 0 Å². The molecule has 100 valence electrons. The molecular weight excluding hydrogens is 231 g/mol. The van der Waals surface area contributed by atoms with Crippen LogP contribution < -0.4 is 5.32 Å². The van der Waals surface area contributed by atoms with Gasteiger partial charge in [0, 0.05) is 12.6 Å². The van der Waals surface area contributed by atoms with Gasteiger partial charge in [0.15, 0.2) is 0 Å². The van der Waals surface area contributed by atoms with Gasteiger partial charge in [0.1, 0.15) is 5.82 Å². The molecule has 1 saturated carbocycles. The predicted octanol–water partition coefficient (Wildman–Crippen LogP) is 2.42. The lowest BCUT2D eigenvalue weighted by Gasteiger charge is -2.21. The van der Waals surface area contributed by atoms with Gasteiger partial charge >= 0.3 is 0 Å². The van der Waals surface area contributed by atoms with Crippen LogP contribution in [0.25, 0.3) is 0 Å². The van der Waals surface area contributed by atoms with Gasteiger partial charge in [0.2, 0.25) is 0 Å². The maximum absolute atomic E-state index is 12.8. The van der Waals surface area contributed by atoms with Crippen LogP contribution in [0.2, 0.25) is 0 Å². The van der Waals surface area contributed by atoms with Crippen molar-refractivity contribution in [2.75, 3.05) is 6.54 Å². The third-order valence-corrected chi connectivity index (χ3v) is 3.76. The van der Waals surface area contributed by atoms with Crippen molar-refractivity contribution in [2.45, 2.75) is 44.8 Å². The first kappa shape index (κ1) is 13.4. The summed E-state index contributed by atoms with van der Waals surface area (Å²) in [5, 5.41) is 13.2. The summed E-state index contributed by atoms with van der Waals surface area (Å²) in [7, 11) is 0. The number of hydrogen-bond donors (Lipinski definition) is 2. The quantitative estimate of drug-likeness (QED) is 0.846. The Kier molecular flexibility index (Phi) is 4.66. The summed E-state index contributed by atoms with van der Waals surface area (Å²) in [5.41, 5.74) is 0.867. The molecule has 2 rings (SSSR count). The van der Waals surface area contributed by atoms with Crippen molar-refractivity contribution in [3.05, 3.63) is 29.8 Å². The van der Waals surface area contributed by atoms with E-state index in [0.717, 1.165) is 37.9 Å². The van der Waals surface area contributed by atoms with Crippen LogP contribution in [0.5, 0.6) is 0 Å². The van der Waals surface area contributed by atoms with Crippen molar-refractivity contribution in [2.24, 2.45) is 5.92 Å². The molecule has 3 nitrogen and oxygen atoms in total. The van der Waals surface area contributed by atoms with E-state index < -0.39 is 0 Å². The summed E-state index contributed by atoms with van der Waals surface area (Å²) < 4.78 is 12.8. The molecule has 0 amide bonds. The van der Waals surface area contributed by atoms with E-state index in [-0.39, 0.29) is 18.0 Å². The molecule has 1 aromatic heterocycles. The van der Waals surface area contributed by atoms with Crippen LogP contribution in [-0.4, -0.2) is 22.7 Å². The molecule has 18 heavy (non-hydrogen) atoms. The minimum absolute atomic E-state index is 0.137. The van der Waals surface area contributed by atoms with Gasteiger partial charge in [0.25, 0.3) is 0 Å². The number of rotatable bonds is 5. The summed E-state index contributed by atoms with van der Waals surface area (Å²) >= 11 is 0. The SMILES string of the molecule is CCC(NCC1CCCC1O)c1ccc(F)cn1. The summed E-state index contributed by atoms with van der Waals surface area (Å²) in [5.74, 6) is 0.0410. The topological polar surface area (TPSA) is 45.1 Å². The van der Waals surface area contributed by atoms with Crippen LogP contribution in [0.1, 0.15) is 44.3 Å². The molecule has 0 aliphatic heterocycles. The fourth-order valence-corrected chi connectivity index (χ4v) is 2.60. The molecule has 0 spiro atoms. The molecule has 2 N–H and O–H groups in total. The number of nitrogens with zero attached hydrogens (tertiary/aromatic N) is 1. The maximum atomic E-state index is 12.8. The van der Waals surface area contributed by atoms with Gasteiger partial charge in [-0.3, -0.25) is 4.98 Å². The molecule has 0 bridgehead atoms. The van der Waals surface area contributed by atoms with Gasteiger partial charge in [-0.1, -0.05) is 13.3 Å². The zero-order valence-corrected chi connectivity index (χ0v) is 10.8. The lowest BCUT2D eigenvalue weighted by molar-refractivity contribution is 0.129. The van der Waals surface area contributed by atoms with E-state index in [9.17, 15) is 9.50 Å². The van der Waals surface area contributed by atoms with Crippen LogP contribution in [0.15, 0.2) is 18.3 Å². The average Bonchev–Trinajstić information content (AvgIpc) is 2.78. The van der Waals surface area contributed by atoms with Gasteiger partial charge in [0.05, 0.1) is 18.0 Å². The Morgan fingerprint density at radius 2 is 2.33 bits per heavy atom. The zero-order chi connectivity index (χ0) is 13.0. The molecule has 1 aliphatic carbocycles. The van der Waals surface area contributed by atoms with Crippen LogP contribution in [0.3, 0.4) is 0 Å². The Balaban J connectivity index is 1.91. The first-order valence-corrected chi connectivity index (χ1v) is 6.73. The van der Waals surface area contributed by atoms with Crippen LogP contribution in [0.4, 0.5) is 4.39 Å². The molecule has 0 aromatic carbocycles. The molecule has 0 saturated heterocycles. The molecule has 3 atom stereocenters. The van der Waals surface area contributed by atoms with Gasteiger partial charge in [-0.15, -0.1) is 0 Å². The van der Waals surface area contributed by atoms with Gasteiger partial charge < -0.3 is 10.4 Å². The van der Waals surface area contributed by atoms with E-state index in [4.69, 9.17) is 0 Å². The van der Waals surface area contributed by atoms with E-state index in [1.165, 1.54) is 12.3 Å². The molecule has 3 unspecified atom stereocenters. The predicted molar refractivity (Wildman–Crippen MR) is 68.6 cm³/mol. The minimum atomic E-state index is -0.306. The Bertz CT molecular complexity index is 369. The Morgan fingerprint density at radius 1 is 1.50 bits per heavy atom. The van der Waals surface area contributed by atoms with Crippen molar-refractivity contribution in [1.29, 1.82) is 0 Å². The van der Waals surface area contributed by atoms with Crippen LogP contribution in [0, 0.1) is 11.7 Å². The number of hydrogen-bond acceptors (Lipinski definition) is 3. The lowest BCUT2D eigenvalue weighted by Crippen LogP contribution is -2.31. The molecule has 0 radical (unpaired) electrons. The lowest BCUT2D eigenvalue weighted by atomic mass is 10.0. The normalized spacial score (nSPS) is 25.3. The molecule has 1 fully saturated rings. The summed E-state index contributed by atoms with van der Waals surface area (Å²) in [6, 6.07) is 3.30. The smallest absolute Gasteiger partial charge is 0.141 e. The molecule has 1 heterocycles. The highest BCUT2D eigenvalue weighted by Gasteiger charge is 2.25. The monoisotopic (exact) mass is 252 g/mol. The summed E-state index contributed by atoms with van der Waals surface area (Å²) in [6.07, 6.45) is 5.10. The Labute approximate surface area is 107 Å². The highest BCUT2D eigenvalue weighted by molar-refractivity contribution is 5.09. The largest absolute Gasteiger partial charge is 0.393 e. The average molecular weight is 252 g/mol. The Morgan fingerprint density at radius 3 is 2.89 bits per heavy atom. The van der Waals surface area contributed by atoms with Gasteiger partial charge in [-0.25, -0.2) is 4.39 Å². The van der Waals surface area contributed by atoms with Crippen LogP contribution >= 0.6 is 0 Å². The minimum Gasteiger partial charge on any atom is -0.393 e. The van der Waals surface area contributed by atoms with Crippen molar-refractivity contribution in [1.82, 2.24) is 10.3 Å². The van der Waals surface area contributed by atoms with Crippen molar-refractivity contribution < 1.29 is 9.50 Å². The van der Waals surface area contributed by atoms with E-state index in [0.29, 0.717) is 5.92 Å². The van der Waals surface area contributed by atoms with Gasteiger partial charge in [-0.2, -0.15) is 0 Å². The van der Waals surface area contributed by atoms with E-state index in [1.54, 1.807) is 6.07 Å². The van der Waals surface area contributed by atoms with E-state index >= 15 is 0 Å². The van der Waals surface area contributed by atoms with Crippen molar-refractivity contribution >= 4 is 0 Å². The molecule has 1 aliphatic rings. The third-order valence-electron chi connectivity index (χ3n) is 3.76. The fourth-order valence-electron chi connectivity index (χ4n) is 2.60. The summed E-state index contributed by atoms with van der Waals surface area (Å²) in [4.78, 5) is 4.11. The fraction of sp³-hybridized carbons (Fsp3) is 0.643. The Hall–Kier alpha value is -1.00. The van der Waals surface area contributed by atoms with Crippen molar-refractivity contribution in [3.8, 4) is 0 Å².